The number of carbonyl (C=O) groups excluding carboxylic acids is 3. The third kappa shape index (κ3) is 3.96. The Morgan fingerprint density at radius 3 is 2.65 bits per heavy atom. The van der Waals surface area contributed by atoms with Crippen molar-refractivity contribution in [3.05, 3.63) is 69.1 Å². The molecule has 3 aromatic rings. The summed E-state index contributed by atoms with van der Waals surface area (Å²) in [6.45, 7) is 3.58. The van der Waals surface area contributed by atoms with Crippen molar-refractivity contribution in [2.75, 3.05) is 11.9 Å². The molecule has 0 spiro atoms. The van der Waals surface area contributed by atoms with Gasteiger partial charge in [-0.1, -0.05) is 0 Å². The van der Waals surface area contributed by atoms with Crippen molar-refractivity contribution < 1.29 is 19.1 Å². The average molecular weight is 419 g/mol. The number of nitrogens with one attached hydrogen (secondary N) is 1. The molecule has 0 aliphatic carbocycles. The molecule has 8 nitrogen and oxygen atoms in total. The molecule has 0 atom stereocenters. The molecular weight excluding hydrogens is 398 g/mol. The van der Waals surface area contributed by atoms with Crippen LogP contribution in [0.4, 0.5) is 5.69 Å². The van der Waals surface area contributed by atoms with Crippen molar-refractivity contribution >= 4 is 34.4 Å². The van der Waals surface area contributed by atoms with Crippen LogP contribution in [0.5, 0.6) is 0 Å². The summed E-state index contributed by atoms with van der Waals surface area (Å²) in [6.07, 6.45) is 0.940. The summed E-state index contributed by atoms with van der Waals surface area (Å²) >= 11 is 0. The Bertz CT molecular complexity index is 1290. The Balaban J connectivity index is 1.49. The summed E-state index contributed by atoms with van der Waals surface area (Å²) in [7, 11) is 0. The van der Waals surface area contributed by atoms with Crippen LogP contribution in [0.3, 0.4) is 0 Å². The number of aryl methyl sites for hydroxylation is 3. The van der Waals surface area contributed by atoms with E-state index in [0.29, 0.717) is 47.4 Å². The Labute approximate surface area is 177 Å². The lowest BCUT2D eigenvalue weighted by Crippen LogP contribution is -2.23. The van der Waals surface area contributed by atoms with Crippen molar-refractivity contribution in [2.24, 2.45) is 0 Å². The summed E-state index contributed by atoms with van der Waals surface area (Å²) in [5.74, 6) is -1.02. The van der Waals surface area contributed by atoms with E-state index in [1.807, 2.05) is 6.92 Å². The second-order valence-electron chi connectivity index (χ2n) is 7.37. The number of Topliss-reactive ketones (excluding diaryl/α,β-unsaturated/α-hetero) is 1. The van der Waals surface area contributed by atoms with Crippen molar-refractivity contribution in [1.29, 1.82) is 0 Å². The van der Waals surface area contributed by atoms with Gasteiger partial charge in [0.25, 0.3) is 5.56 Å². The number of ketones is 1. The highest BCUT2D eigenvalue weighted by molar-refractivity contribution is 6.01. The minimum absolute atomic E-state index is 0.0449. The molecule has 0 bridgehead atoms. The minimum atomic E-state index is -0.644. The molecule has 2 aromatic carbocycles. The molecule has 1 amide bonds. The smallest absolute Gasteiger partial charge is 0.338 e. The predicted octanol–water partition coefficient (Wildman–Crippen LogP) is 2.65. The van der Waals surface area contributed by atoms with Gasteiger partial charge in [-0.2, -0.15) is 0 Å². The van der Waals surface area contributed by atoms with E-state index in [0.717, 1.165) is 5.56 Å². The molecule has 0 fully saturated rings. The van der Waals surface area contributed by atoms with E-state index in [9.17, 15) is 19.2 Å². The number of amides is 1. The predicted molar refractivity (Wildman–Crippen MR) is 114 cm³/mol. The molecule has 158 valence electrons. The van der Waals surface area contributed by atoms with Gasteiger partial charge in [0.15, 0.2) is 12.4 Å². The van der Waals surface area contributed by atoms with E-state index < -0.39 is 12.6 Å². The van der Waals surface area contributed by atoms with Crippen LogP contribution < -0.4 is 10.9 Å². The summed E-state index contributed by atoms with van der Waals surface area (Å²) in [5.41, 5.74) is 3.58. The molecule has 1 N–H and O–H groups in total. The van der Waals surface area contributed by atoms with Gasteiger partial charge in [0.1, 0.15) is 5.69 Å². The third-order valence-electron chi connectivity index (χ3n) is 5.32. The summed E-state index contributed by atoms with van der Waals surface area (Å²) in [5, 5.41) is 2.77. The first-order valence-electron chi connectivity index (χ1n) is 10.0. The highest BCUT2D eigenvalue weighted by Crippen LogP contribution is 2.24. The fourth-order valence-electron chi connectivity index (χ4n) is 3.67. The molecule has 0 radical (unpaired) electrons. The quantitative estimate of drug-likeness (QED) is 0.503. The monoisotopic (exact) mass is 419 g/mol. The van der Waals surface area contributed by atoms with E-state index in [1.165, 1.54) is 0 Å². The lowest BCUT2D eigenvalue weighted by atomic mass is 9.99. The molecule has 1 aliphatic heterocycles. The average Bonchev–Trinajstić information content (AvgIpc) is 2.77. The lowest BCUT2D eigenvalue weighted by Gasteiger charge is -2.17. The number of rotatable bonds is 5. The minimum Gasteiger partial charge on any atom is -0.454 e. The number of hydrogen-bond donors (Lipinski definition) is 1. The summed E-state index contributed by atoms with van der Waals surface area (Å²) in [6, 6.07) is 9.78. The van der Waals surface area contributed by atoms with Gasteiger partial charge in [-0.05, 0) is 62.2 Å². The molecule has 1 aromatic heterocycles. The fourth-order valence-corrected chi connectivity index (χ4v) is 3.67. The number of carbonyl (C=O) groups is 3. The first-order chi connectivity index (χ1) is 14.9. The van der Waals surface area contributed by atoms with Crippen LogP contribution in [0.1, 0.15) is 45.3 Å². The number of hydrogen-bond acceptors (Lipinski definition) is 6. The SMILES string of the molecule is CCn1c(=O)c(C)nc2cc(C(=O)OCC(=O)c3ccc4c(c3)CCC(=O)N4)ccc21. The molecule has 2 heterocycles. The maximum absolute atomic E-state index is 12.5. The van der Waals surface area contributed by atoms with E-state index in [2.05, 4.69) is 10.3 Å². The number of benzene rings is 2. The summed E-state index contributed by atoms with van der Waals surface area (Å²) < 4.78 is 6.80. The molecule has 0 unspecified atom stereocenters. The number of aromatic nitrogens is 2. The Kier molecular flexibility index (Phi) is 5.37. The molecule has 1 aliphatic rings. The second kappa shape index (κ2) is 8.14. The van der Waals surface area contributed by atoms with Crippen LogP contribution in [0.15, 0.2) is 41.2 Å². The van der Waals surface area contributed by atoms with Gasteiger partial charge < -0.3 is 14.6 Å². The zero-order valence-corrected chi connectivity index (χ0v) is 17.2. The van der Waals surface area contributed by atoms with Gasteiger partial charge in [0.05, 0.1) is 16.6 Å². The zero-order chi connectivity index (χ0) is 22.1. The van der Waals surface area contributed by atoms with Crippen molar-refractivity contribution in [1.82, 2.24) is 9.55 Å². The first-order valence-corrected chi connectivity index (χ1v) is 10.0. The van der Waals surface area contributed by atoms with Crippen LogP contribution in [-0.4, -0.2) is 33.8 Å². The summed E-state index contributed by atoms with van der Waals surface area (Å²) in [4.78, 5) is 52.9. The Hall–Kier alpha value is -3.81. The van der Waals surface area contributed by atoms with Crippen LogP contribution in [-0.2, 0) is 22.5 Å². The van der Waals surface area contributed by atoms with Gasteiger partial charge in [-0.15, -0.1) is 0 Å². The van der Waals surface area contributed by atoms with Gasteiger partial charge in [-0.25, -0.2) is 9.78 Å². The van der Waals surface area contributed by atoms with E-state index in [1.54, 1.807) is 47.9 Å². The van der Waals surface area contributed by atoms with E-state index in [-0.39, 0.29) is 22.8 Å². The third-order valence-corrected chi connectivity index (χ3v) is 5.32. The Morgan fingerprint density at radius 1 is 1.10 bits per heavy atom. The van der Waals surface area contributed by atoms with Crippen LogP contribution >= 0.6 is 0 Å². The maximum Gasteiger partial charge on any atom is 0.338 e. The second-order valence-corrected chi connectivity index (χ2v) is 7.37. The molecule has 31 heavy (non-hydrogen) atoms. The number of esters is 1. The highest BCUT2D eigenvalue weighted by atomic mass is 16.5. The highest BCUT2D eigenvalue weighted by Gasteiger charge is 2.18. The van der Waals surface area contributed by atoms with Gasteiger partial charge in [0, 0.05) is 24.2 Å². The normalized spacial score (nSPS) is 12.9. The van der Waals surface area contributed by atoms with Crippen molar-refractivity contribution in [2.45, 2.75) is 33.2 Å². The largest absolute Gasteiger partial charge is 0.454 e. The number of fused-ring (bicyclic) bond motifs is 2. The topological polar surface area (TPSA) is 107 Å². The van der Waals surface area contributed by atoms with E-state index >= 15 is 0 Å². The molecule has 4 rings (SSSR count). The lowest BCUT2D eigenvalue weighted by molar-refractivity contribution is -0.116. The van der Waals surface area contributed by atoms with E-state index in [4.69, 9.17) is 4.74 Å². The first kappa shape index (κ1) is 20.5. The standard InChI is InChI=1S/C23H21N3O5/c1-3-26-19-8-5-16(11-18(19)24-13(2)22(26)29)23(30)31-12-20(27)15-4-7-17-14(10-15)6-9-21(28)25-17/h4-5,7-8,10-11H,3,6,9,12H2,1-2H3,(H,25,28). The zero-order valence-electron chi connectivity index (χ0n) is 17.2. The van der Waals surface area contributed by atoms with Gasteiger partial charge in [0.2, 0.25) is 5.91 Å². The number of anilines is 1. The van der Waals surface area contributed by atoms with Gasteiger partial charge >= 0.3 is 5.97 Å². The van der Waals surface area contributed by atoms with Crippen LogP contribution in [0, 0.1) is 6.92 Å². The Morgan fingerprint density at radius 2 is 1.87 bits per heavy atom. The fraction of sp³-hybridized carbons (Fsp3) is 0.261. The van der Waals surface area contributed by atoms with Crippen LogP contribution in [0.2, 0.25) is 0 Å². The van der Waals surface area contributed by atoms with Gasteiger partial charge in [-0.3, -0.25) is 14.4 Å². The molecule has 0 saturated heterocycles. The van der Waals surface area contributed by atoms with Crippen molar-refractivity contribution in [3.8, 4) is 0 Å². The molecule has 8 heteroatoms. The molecule has 0 saturated carbocycles. The maximum atomic E-state index is 12.5. The van der Waals surface area contributed by atoms with Crippen LogP contribution in [0.25, 0.3) is 11.0 Å². The van der Waals surface area contributed by atoms with Crippen molar-refractivity contribution in [3.63, 3.8) is 0 Å². The molecular formula is C23H21N3O5. The number of ether oxygens (including phenoxy) is 1. The number of nitrogens with zero attached hydrogens (tertiary/aromatic N) is 2.